The van der Waals surface area contributed by atoms with Crippen molar-refractivity contribution in [1.29, 1.82) is 0 Å². The fraction of sp³-hybridized carbons (Fsp3) is 0.538. The van der Waals surface area contributed by atoms with Gasteiger partial charge >= 0.3 is 0 Å². The van der Waals surface area contributed by atoms with E-state index >= 15 is 0 Å². The standard InChI is InChI=1S/C13H16BrFO2/c1-3-13(17-7-9-6-16-9)10-5-12(15)8(2)4-11(10)14/h4-5,9,13H,3,6-7H2,1-2H3/t9-,13-/m1/s1. The van der Waals surface area contributed by atoms with E-state index in [9.17, 15) is 4.39 Å². The molecule has 4 heteroatoms. The molecule has 2 rings (SSSR count). The summed E-state index contributed by atoms with van der Waals surface area (Å²) in [7, 11) is 0. The van der Waals surface area contributed by atoms with Crippen LogP contribution in [0.4, 0.5) is 4.39 Å². The Kier molecular flexibility index (Phi) is 4.17. The van der Waals surface area contributed by atoms with Gasteiger partial charge in [-0.1, -0.05) is 22.9 Å². The topological polar surface area (TPSA) is 21.8 Å². The molecule has 0 spiro atoms. The molecule has 1 fully saturated rings. The van der Waals surface area contributed by atoms with Crippen molar-refractivity contribution < 1.29 is 13.9 Å². The van der Waals surface area contributed by atoms with E-state index in [1.165, 1.54) is 0 Å². The summed E-state index contributed by atoms with van der Waals surface area (Å²) >= 11 is 3.47. The molecule has 1 aromatic rings. The normalized spacial score (nSPS) is 20.4. The number of benzene rings is 1. The maximum Gasteiger partial charge on any atom is 0.126 e. The van der Waals surface area contributed by atoms with Gasteiger partial charge in [0.15, 0.2) is 0 Å². The second-order valence-corrected chi connectivity index (χ2v) is 5.16. The third-order valence-corrected chi connectivity index (χ3v) is 3.57. The van der Waals surface area contributed by atoms with Crippen LogP contribution in [0.3, 0.4) is 0 Å². The highest BCUT2D eigenvalue weighted by atomic mass is 79.9. The molecule has 1 aromatic carbocycles. The van der Waals surface area contributed by atoms with Crippen LogP contribution in [0.15, 0.2) is 16.6 Å². The van der Waals surface area contributed by atoms with Gasteiger partial charge in [-0.3, -0.25) is 0 Å². The number of aryl methyl sites for hydroxylation is 1. The Bertz CT molecular complexity index is 405. The van der Waals surface area contributed by atoms with Crippen molar-refractivity contribution in [1.82, 2.24) is 0 Å². The third kappa shape index (κ3) is 3.27. The molecule has 17 heavy (non-hydrogen) atoms. The van der Waals surface area contributed by atoms with Gasteiger partial charge in [-0.15, -0.1) is 0 Å². The van der Waals surface area contributed by atoms with Crippen LogP contribution in [0.2, 0.25) is 0 Å². The van der Waals surface area contributed by atoms with E-state index in [2.05, 4.69) is 15.9 Å². The number of hydrogen-bond acceptors (Lipinski definition) is 2. The molecular formula is C13H16BrFO2. The lowest BCUT2D eigenvalue weighted by atomic mass is 10.0. The van der Waals surface area contributed by atoms with Crippen LogP contribution in [0.1, 0.15) is 30.6 Å². The SMILES string of the molecule is CC[C@@H](OC[C@H]1CO1)c1cc(F)c(C)cc1Br. The molecule has 0 unspecified atom stereocenters. The van der Waals surface area contributed by atoms with Crippen LogP contribution in [0, 0.1) is 12.7 Å². The summed E-state index contributed by atoms with van der Waals surface area (Å²) in [4.78, 5) is 0. The van der Waals surface area contributed by atoms with Crippen LogP contribution in [-0.4, -0.2) is 19.3 Å². The van der Waals surface area contributed by atoms with E-state index in [1.54, 1.807) is 19.1 Å². The van der Waals surface area contributed by atoms with Gasteiger partial charge in [0, 0.05) is 4.47 Å². The molecule has 1 aliphatic rings. The summed E-state index contributed by atoms with van der Waals surface area (Å²) in [6, 6.07) is 3.35. The quantitative estimate of drug-likeness (QED) is 0.773. The molecule has 1 aliphatic heterocycles. The predicted molar refractivity (Wildman–Crippen MR) is 67.6 cm³/mol. The number of hydrogen-bond donors (Lipinski definition) is 0. The molecule has 0 bridgehead atoms. The minimum Gasteiger partial charge on any atom is -0.371 e. The Hall–Kier alpha value is -0.450. The van der Waals surface area contributed by atoms with Crippen molar-refractivity contribution in [3.05, 3.63) is 33.5 Å². The fourth-order valence-electron chi connectivity index (χ4n) is 1.72. The first kappa shape index (κ1) is 13.0. The molecule has 2 nitrogen and oxygen atoms in total. The molecule has 1 heterocycles. The Morgan fingerprint density at radius 2 is 2.29 bits per heavy atom. The number of rotatable bonds is 5. The first-order valence-corrected chi connectivity index (χ1v) is 6.59. The van der Waals surface area contributed by atoms with Crippen molar-refractivity contribution in [3.63, 3.8) is 0 Å². The zero-order chi connectivity index (χ0) is 12.4. The largest absolute Gasteiger partial charge is 0.371 e. The summed E-state index contributed by atoms with van der Waals surface area (Å²) in [5, 5.41) is 0. The highest BCUT2D eigenvalue weighted by Crippen LogP contribution is 2.31. The van der Waals surface area contributed by atoms with Gasteiger partial charge in [-0.25, -0.2) is 4.39 Å². The second-order valence-electron chi connectivity index (χ2n) is 4.31. The Morgan fingerprint density at radius 3 is 2.88 bits per heavy atom. The van der Waals surface area contributed by atoms with Gasteiger partial charge < -0.3 is 9.47 Å². The van der Waals surface area contributed by atoms with E-state index < -0.39 is 0 Å². The number of halogens is 2. The average Bonchev–Trinajstić information content (AvgIpc) is 3.09. The Labute approximate surface area is 109 Å². The molecule has 0 radical (unpaired) electrons. The van der Waals surface area contributed by atoms with Gasteiger partial charge in [0.1, 0.15) is 11.9 Å². The molecule has 94 valence electrons. The van der Waals surface area contributed by atoms with Crippen molar-refractivity contribution in [2.45, 2.75) is 32.5 Å². The monoisotopic (exact) mass is 302 g/mol. The van der Waals surface area contributed by atoms with Gasteiger partial charge in [-0.2, -0.15) is 0 Å². The molecular weight excluding hydrogens is 287 g/mol. The van der Waals surface area contributed by atoms with Crippen LogP contribution in [0.5, 0.6) is 0 Å². The summed E-state index contributed by atoms with van der Waals surface area (Å²) in [5.74, 6) is -0.187. The van der Waals surface area contributed by atoms with Crippen molar-refractivity contribution in [2.24, 2.45) is 0 Å². The summed E-state index contributed by atoms with van der Waals surface area (Å²) in [5.41, 5.74) is 1.51. The zero-order valence-corrected chi connectivity index (χ0v) is 11.6. The molecule has 0 N–H and O–H groups in total. The molecule has 0 amide bonds. The molecule has 0 saturated carbocycles. The maximum absolute atomic E-state index is 13.6. The van der Waals surface area contributed by atoms with E-state index in [0.717, 1.165) is 23.1 Å². The minimum absolute atomic E-state index is 0.0799. The summed E-state index contributed by atoms with van der Waals surface area (Å²) < 4.78 is 25.3. The Balaban J connectivity index is 2.13. The molecule has 0 aliphatic carbocycles. The van der Waals surface area contributed by atoms with Crippen LogP contribution >= 0.6 is 15.9 Å². The first-order chi connectivity index (χ1) is 8.11. The van der Waals surface area contributed by atoms with E-state index in [1.807, 2.05) is 6.92 Å². The highest BCUT2D eigenvalue weighted by Gasteiger charge is 2.25. The maximum atomic E-state index is 13.6. The van der Waals surface area contributed by atoms with Crippen LogP contribution < -0.4 is 0 Å². The van der Waals surface area contributed by atoms with Gasteiger partial charge in [0.05, 0.1) is 19.3 Å². The van der Waals surface area contributed by atoms with Gasteiger partial charge in [-0.05, 0) is 36.6 Å². The fourth-order valence-corrected chi connectivity index (χ4v) is 2.44. The van der Waals surface area contributed by atoms with Crippen LogP contribution in [-0.2, 0) is 9.47 Å². The van der Waals surface area contributed by atoms with Crippen molar-refractivity contribution >= 4 is 15.9 Å². The summed E-state index contributed by atoms with van der Waals surface area (Å²) in [6.07, 6.45) is 0.968. The minimum atomic E-state index is -0.187. The number of epoxide rings is 1. The van der Waals surface area contributed by atoms with Crippen molar-refractivity contribution in [3.8, 4) is 0 Å². The molecule has 0 aromatic heterocycles. The smallest absolute Gasteiger partial charge is 0.126 e. The van der Waals surface area contributed by atoms with Gasteiger partial charge in [0.2, 0.25) is 0 Å². The van der Waals surface area contributed by atoms with E-state index in [-0.39, 0.29) is 18.0 Å². The van der Waals surface area contributed by atoms with Crippen molar-refractivity contribution in [2.75, 3.05) is 13.2 Å². The van der Waals surface area contributed by atoms with E-state index in [0.29, 0.717) is 12.2 Å². The van der Waals surface area contributed by atoms with Gasteiger partial charge in [0.25, 0.3) is 0 Å². The lowest BCUT2D eigenvalue weighted by molar-refractivity contribution is 0.0388. The molecule has 1 saturated heterocycles. The lowest BCUT2D eigenvalue weighted by Crippen LogP contribution is -2.09. The average molecular weight is 303 g/mol. The predicted octanol–water partition coefficient (Wildman–Crippen LogP) is 3.76. The summed E-state index contributed by atoms with van der Waals surface area (Å²) in [6.45, 7) is 5.15. The molecule has 2 atom stereocenters. The first-order valence-electron chi connectivity index (χ1n) is 5.80. The Morgan fingerprint density at radius 1 is 1.59 bits per heavy atom. The third-order valence-electron chi connectivity index (χ3n) is 2.88. The highest BCUT2D eigenvalue weighted by molar-refractivity contribution is 9.10. The van der Waals surface area contributed by atoms with Crippen LogP contribution in [0.25, 0.3) is 0 Å². The number of ether oxygens (including phenoxy) is 2. The lowest BCUT2D eigenvalue weighted by Gasteiger charge is -2.18. The second kappa shape index (κ2) is 5.46. The van der Waals surface area contributed by atoms with E-state index in [4.69, 9.17) is 9.47 Å². The zero-order valence-electron chi connectivity index (χ0n) is 10.0.